The predicted octanol–water partition coefficient (Wildman–Crippen LogP) is 2.26. The summed E-state index contributed by atoms with van der Waals surface area (Å²) in [7, 11) is 0. The van der Waals surface area contributed by atoms with Crippen LogP contribution in [0, 0.1) is 5.82 Å². The molecule has 0 radical (unpaired) electrons. The van der Waals surface area contributed by atoms with E-state index in [0.717, 1.165) is 0 Å². The van der Waals surface area contributed by atoms with Crippen LogP contribution in [0.1, 0.15) is 22.8 Å². The van der Waals surface area contributed by atoms with E-state index in [1.165, 1.54) is 19.1 Å². The largest absolute Gasteiger partial charge is 0.450 e. The lowest BCUT2D eigenvalue weighted by Gasteiger charge is -2.23. The zero-order chi connectivity index (χ0) is 11.9. The number of cyclic esters (lactones) is 1. The van der Waals surface area contributed by atoms with Crippen LogP contribution in [0.4, 0.5) is 4.39 Å². The zero-order valence-corrected chi connectivity index (χ0v) is 10.0. The van der Waals surface area contributed by atoms with E-state index >= 15 is 0 Å². The number of ketones is 1. The topological polar surface area (TPSA) is 43.4 Å². The summed E-state index contributed by atoms with van der Waals surface area (Å²) in [5.74, 6) is -1.42. The molecule has 16 heavy (non-hydrogen) atoms. The van der Waals surface area contributed by atoms with Crippen LogP contribution < -0.4 is 0 Å². The molecular formula is C11H8BrFO3. The fourth-order valence-electron chi connectivity index (χ4n) is 1.66. The lowest BCUT2D eigenvalue weighted by atomic mass is 9.96. The van der Waals surface area contributed by atoms with E-state index < -0.39 is 17.9 Å². The SMILES string of the molecule is CC(=O)C1Cc2c(F)ccc(Br)c2C(=O)O1. The number of esters is 1. The molecule has 2 rings (SSSR count). The van der Waals surface area contributed by atoms with Gasteiger partial charge in [-0.25, -0.2) is 9.18 Å². The summed E-state index contributed by atoms with van der Waals surface area (Å²) in [6.07, 6.45) is -0.773. The van der Waals surface area contributed by atoms with Gasteiger partial charge in [-0.15, -0.1) is 0 Å². The second-order valence-electron chi connectivity index (χ2n) is 3.59. The second kappa shape index (κ2) is 3.97. The summed E-state index contributed by atoms with van der Waals surface area (Å²) >= 11 is 3.16. The van der Waals surface area contributed by atoms with Crippen LogP contribution in [0.25, 0.3) is 0 Å². The van der Waals surface area contributed by atoms with E-state index in [1.807, 2.05) is 0 Å². The van der Waals surface area contributed by atoms with Gasteiger partial charge in [-0.3, -0.25) is 4.79 Å². The highest BCUT2D eigenvalue weighted by Gasteiger charge is 2.32. The van der Waals surface area contributed by atoms with E-state index in [0.29, 0.717) is 4.47 Å². The van der Waals surface area contributed by atoms with Gasteiger partial charge in [0.25, 0.3) is 0 Å². The van der Waals surface area contributed by atoms with E-state index in [-0.39, 0.29) is 23.3 Å². The molecule has 0 saturated heterocycles. The van der Waals surface area contributed by atoms with E-state index in [2.05, 4.69) is 15.9 Å². The van der Waals surface area contributed by atoms with Crippen molar-refractivity contribution < 1.29 is 18.7 Å². The van der Waals surface area contributed by atoms with Gasteiger partial charge in [0.2, 0.25) is 0 Å². The number of hydrogen-bond acceptors (Lipinski definition) is 3. The number of hydrogen-bond donors (Lipinski definition) is 0. The fraction of sp³-hybridized carbons (Fsp3) is 0.273. The molecule has 0 fully saturated rings. The summed E-state index contributed by atoms with van der Waals surface area (Å²) < 4.78 is 18.9. The molecule has 1 aliphatic rings. The van der Waals surface area contributed by atoms with E-state index in [9.17, 15) is 14.0 Å². The van der Waals surface area contributed by atoms with Crippen LogP contribution in [0.5, 0.6) is 0 Å². The molecule has 1 aromatic carbocycles. The summed E-state index contributed by atoms with van der Waals surface area (Å²) in [6.45, 7) is 1.32. The van der Waals surface area contributed by atoms with E-state index in [4.69, 9.17) is 4.74 Å². The predicted molar refractivity (Wildman–Crippen MR) is 57.7 cm³/mol. The Morgan fingerprint density at radius 1 is 1.56 bits per heavy atom. The number of Topliss-reactive ketones (excluding diaryl/α,β-unsaturated/α-hetero) is 1. The quantitative estimate of drug-likeness (QED) is 0.744. The molecule has 5 heteroatoms. The standard InChI is InChI=1S/C11H8BrFO3/c1-5(14)9-4-6-8(13)3-2-7(12)10(6)11(15)16-9/h2-3,9H,4H2,1H3. The third kappa shape index (κ3) is 1.75. The number of ether oxygens (including phenoxy) is 1. The number of halogens is 2. The first-order valence-electron chi connectivity index (χ1n) is 4.69. The van der Waals surface area contributed by atoms with Crippen molar-refractivity contribution in [3.63, 3.8) is 0 Å². The van der Waals surface area contributed by atoms with Crippen LogP contribution in [0.2, 0.25) is 0 Å². The van der Waals surface area contributed by atoms with Crippen LogP contribution in [-0.2, 0) is 16.0 Å². The van der Waals surface area contributed by atoms with Gasteiger partial charge in [-0.1, -0.05) is 0 Å². The Balaban J connectivity index is 2.54. The summed E-state index contributed by atoms with van der Waals surface area (Å²) in [4.78, 5) is 22.7. The minimum atomic E-state index is -0.871. The van der Waals surface area contributed by atoms with Crippen molar-refractivity contribution in [3.05, 3.63) is 33.5 Å². The lowest BCUT2D eigenvalue weighted by molar-refractivity contribution is -0.125. The molecule has 0 amide bonds. The molecule has 0 spiro atoms. The molecule has 0 bridgehead atoms. The van der Waals surface area contributed by atoms with Crippen molar-refractivity contribution >= 4 is 27.7 Å². The zero-order valence-electron chi connectivity index (χ0n) is 8.42. The normalized spacial score (nSPS) is 18.9. The third-order valence-electron chi connectivity index (χ3n) is 2.50. The maximum atomic E-state index is 13.5. The summed E-state index contributed by atoms with van der Waals surface area (Å²) in [5.41, 5.74) is 0.420. The molecule has 3 nitrogen and oxygen atoms in total. The van der Waals surface area contributed by atoms with Crippen LogP contribution in [0.15, 0.2) is 16.6 Å². The Morgan fingerprint density at radius 2 is 2.25 bits per heavy atom. The number of rotatable bonds is 1. The Labute approximate surface area is 99.7 Å². The molecule has 1 atom stereocenters. The smallest absolute Gasteiger partial charge is 0.340 e. The minimum Gasteiger partial charge on any atom is -0.450 e. The van der Waals surface area contributed by atoms with Crippen molar-refractivity contribution in [2.45, 2.75) is 19.4 Å². The first-order valence-corrected chi connectivity index (χ1v) is 5.48. The van der Waals surface area contributed by atoms with Gasteiger partial charge in [0.15, 0.2) is 11.9 Å². The molecule has 0 N–H and O–H groups in total. The van der Waals surface area contributed by atoms with Crippen molar-refractivity contribution in [2.24, 2.45) is 0 Å². The van der Waals surface area contributed by atoms with Gasteiger partial charge in [-0.2, -0.15) is 0 Å². The fourth-order valence-corrected chi connectivity index (χ4v) is 2.19. The molecule has 1 aliphatic heterocycles. The lowest BCUT2D eigenvalue weighted by Crippen LogP contribution is -2.33. The van der Waals surface area contributed by atoms with Gasteiger partial charge in [-0.05, 0) is 35.0 Å². The molecule has 0 aliphatic carbocycles. The Kier molecular flexibility index (Phi) is 2.80. The van der Waals surface area contributed by atoms with Gasteiger partial charge in [0.1, 0.15) is 5.82 Å². The minimum absolute atomic E-state index is 0.0989. The highest BCUT2D eigenvalue weighted by Crippen LogP contribution is 2.29. The van der Waals surface area contributed by atoms with Crippen LogP contribution >= 0.6 is 15.9 Å². The van der Waals surface area contributed by atoms with Crippen LogP contribution in [-0.4, -0.2) is 17.9 Å². The van der Waals surface area contributed by atoms with Gasteiger partial charge < -0.3 is 4.74 Å². The first kappa shape index (κ1) is 11.3. The highest BCUT2D eigenvalue weighted by atomic mass is 79.9. The second-order valence-corrected chi connectivity index (χ2v) is 4.45. The molecule has 0 saturated carbocycles. The maximum Gasteiger partial charge on any atom is 0.340 e. The molecule has 0 aromatic heterocycles. The van der Waals surface area contributed by atoms with Gasteiger partial charge in [0, 0.05) is 16.5 Å². The maximum absolute atomic E-state index is 13.5. The van der Waals surface area contributed by atoms with Crippen molar-refractivity contribution in [3.8, 4) is 0 Å². The van der Waals surface area contributed by atoms with Crippen molar-refractivity contribution in [1.82, 2.24) is 0 Å². The Bertz CT molecular complexity index is 484. The van der Waals surface area contributed by atoms with Crippen LogP contribution in [0.3, 0.4) is 0 Å². The monoisotopic (exact) mass is 286 g/mol. The molecular weight excluding hydrogens is 279 g/mol. The van der Waals surface area contributed by atoms with Crippen molar-refractivity contribution in [2.75, 3.05) is 0 Å². The number of carbonyl (C=O) groups excluding carboxylic acids is 2. The third-order valence-corrected chi connectivity index (χ3v) is 3.16. The Hall–Kier alpha value is -1.23. The van der Waals surface area contributed by atoms with Crippen molar-refractivity contribution in [1.29, 1.82) is 0 Å². The first-order chi connectivity index (χ1) is 7.50. The highest BCUT2D eigenvalue weighted by molar-refractivity contribution is 9.10. The molecule has 84 valence electrons. The Morgan fingerprint density at radius 3 is 2.88 bits per heavy atom. The molecule has 1 unspecified atom stereocenters. The molecule has 1 aromatic rings. The molecule has 1 heterocycles. The summed E-state index contributed by atoms with van der Waals surface area (Å²) in [6, 6.07) is 2.71. The van der Waals surface area contributed by atoms with E-state index in [1.54, 1.807) is 0 Å². The summed E-state index contributed by atoms with van der Waals surface area (Å²) in [5, 5.41) is 0. The average molecular weight is 287 g/mol. The number of benzene rings is 1. The average Bonchev–Trinajstić information content (AvgIpc) is 2.22. The van der Waals surface area contributed by atoms with Gasteiger partial charge >= 0.3 is 5.97 Å². The number of fused-ring (bicyclic) bond motifs is 1. The van der Waals surface area contributed by atoms with Gasteiger partial charge in [0.05, 0.1) is 5.56 Å². The number of carbonyl (C=O) groups is 2.